The smallest absolute Gasteiger partial charge is 0.305 e. The molecule has 2 unspecified atom stereocenters. The molecule has 0 aliphatic rings. The Morgan fingerprint density at radius 2 is 0.595 bits per heavy atom. The molecule has 494 valence electrons. The monoisotopic (exact) mass is 1180 g/mol. The number of aliphatic hydroxyl groups is 2. The van der Waals surface area contributed by atoms with Crippen molar-refractivity contribution in [1.82, 2.24) is 5.32 Å². The van der Waals surface area contributed by atoms with E-state index in [0.29, 0.717) is 19.4 Å². The first-order valence-corrected chi connectivity index (χ1v) is 37.9. The molecule has 0 heterocycles. The molecule has 0 aromatic carbocycles. The van der Waals surface area contributed by atoms with Gasteiger partial charge in [-0.05, 0) is 89.9 Å². The minimum absolute atomic E-state index is 0.00794. The summed E-state index contributed by atoms with van der Waals surface area (Å²) in [4.78, 5) is 24.6. The molecule has 6 heteroatoms. The van der Waals surface area contributed by atoms with Crippen LogP contribution in [0.2, 0.25) is 0 Å². The number of rotatable bonds is 71. The number of carbonyl (C=O) groups excluding carboxylic acids is 2. The topological polar surface area (TPSA) is 95.9 Å². The Labute approximate surface area is 525 Å². The zero-order chi connectivity index (χ0) is 60.6. The van der Waals surface area contributed by atoms with Gasteiger partial charge in [0.1, 0.15) is 0 Å². The van der Waals surface area contributed by atoms with E-state index in [9.17, 15) is 19.8 Å². The van der Waals surface area contributed by atoms with Crippen molar-refractivity contribution >= 4 is 11.9 Å². The molecule has 0 aliphatic heterocycles. The lowest BCUT2D eigenvalue weighted by atomic mass is 10.0. The second-order valence-electron chi connectivity index (χ2n) is 26.0. The zero-order valence-corrected chi connectivity index (χ0v) is 56.6. The molecule has 0 rings (SSSR count). The number of esters is 1. The average Bonchev–Trinajstić information content (AvgIpc) is 3.51. The molecule has 3 N–H and O–H groups in total. The highest BCUT2D eigenvalue weighted by molar-refractivity contribution is 5.76. The predicted molar refractivity (Wildman–Crippen MR) is 370 cm³/mol. The number of hydrogen-bond donors (Lipinski definition) is 3. The van der Waals surface area contributed by atoms with Crippen molar-refractivity contribution in [1.29, 1.82) is 0 Å². The average molecular weight is 1180 g/mol. The summed E-state index contributed by atoms with van der Waals surface area (Å²) < 4.78 is 5.50. The van der Waals surface area contributed by atoms with Crippen molar-refractivity contribution in [2.24, 2.45) is 0 Å². The predicted octanol–water partition coefficient (Wildman–Crippen LogP) is 24.8. The molecule has 0 aromatic heterocycles. The summed E-state index contributed by atoms with van der Waals surface area (Å²) in [6.07, 6.45) is 96.5. The van der Waals surface area contributed by atoms with Crippen LogP contribution in [0.4, 0.5) is 0 Å². The van der Waals surface area contributed by atoms with Crippen molar-refractivity contribution in [3.05, 3.63) is 48.6 Å². The number of hydrogen-bond acceptors (Lipinski definition) is 5. The van der Waals surface area contributed by atoms with Gasteiger partial charge in [-0.15, -0.1) is 0 Å². The Balaban J connectivity index is 3.34. The molecular formula is C78H147NO5. The van der Waals surface area contributed by atoms with Crippen molar-refractivity contribution in [2.45, 2.75) is 424 Å². The van der Waals surface area contributed by atoms with Crippen LogP contribution in [0.3, 0.4) is 0 Å². The van der Waals surface area contributed by atoms with E-state index in [1.165, 1.54) is 334 Å². The number of ether oxygens (including phenoxy) is 1. The molecule has 6 nitrogen and oxygen atoms in total. The summed E-state index contributed by atoms with van der Waals surface area (Å²) in [6, 6.07) is -0.625. The summed E-state index contributed by atoms with van der Waals surface area (Å²) in [5.74, 6) is -0.0543. The van der Waals surface area contributed by atoms with Crippen LogP contribution in [-0.2, 0) is 14.3 Å². The van der Waals surface area contributed by atoms with E-state index in [-0.39, 0.29) is 18.5 Å². The lowest BCUT2D eigenvalue weighted by molar-refractivity contribution is -0.143. The Bertz CT molecular complexity index is 1400. The van der Waals surface area contributed by atoms with E-state index < -0.39 is 12.1 Å². The molecule has 84 heavy (non-hydrogen) atoms. The first kappa shape index (κ1) is 81.8. The SMILES string of the molecule is CCCCCC/C=C\C/C=C\CCCCCCCC(=O)OCCCCCCCCCCCCCCCCCC/C=C\CCCCCCCCCCCCCCCCCCCC(=O)NC(CO)C(O)/C=C/CCCCCCCCCCCCCC. The van der Waals surface area contributed by atoms with Crippen LogP contribution in [0, 0.1) is 0 Å². The van der Waals surface area contributed by atoms with Gasteiger partial charge < -0.3 is 20.3 Å². The maximum Gasteiger partial charge on any atom is 0.305 e. The Morgan fingerprint density at radius 1 is 0.333 bits per heavy atom. The number of unbranched alkanes of at least 4 members (excludes halogenated alkanes) is 54. The quantitative estimate of drug-likeness (QED) is 0.0320. The second kappa shape index (κ2) is 73.3. The summed E-state index contributed by atoms with van der Waals surface area (Å²) >= 11 is 0. The minimum atomic E-state index is -0.841. The Hall–Kier alpha value is -2.18. The van der Waals surface area contributed by atoms with E-state index in [1.807, 2.05) is 6.08 Å². The maximum atomic E-state index is 12.5. The lowest BCUT2D eigenvalue weighted by Gasteiger charge is -2.20. The van der Waals surface area contributed by atoms with Crippen molar-refractivity contribution in [2.75, 3.05) is 13.2 Å². The van der Waals surface area contributed by atoms with Gasteiger partial charge in [-0.2, -0.15) is 0 Å². The van der Waals surface area contributed by atoms with Gasteiger partial charge in [0.2, 0.25) is 5.91 Å². The third-order valence-corrected chi connectivity index (χ3v) is 17.6. The molecule has 0 radical (unpaired) electrons. The normalized spacial score (nSPS) is 12.8. The molecule has 1 amide bonds. The standard InChI is InChI=1S/C78H147NO5/c1-3-5-7-9-11-13-15-17-19-44-48-52-56-60-64-68-72-78(83)84-73-69-65-61-57-53-49-45-42-40-38-36-34-32-30-28-26-24-22-20-21-23-25-27-29-31-33-35-37-39-41-43-47-51-55-59-63-67-71-77(82)79-75(74-80)76(81)70-66-62-58-54-50-46-18-16-14-12-10-8-6-4-2/h13,15,19-20,22,44,66,70,75-76,80-81H,3-12,14,16-18,21,23-43,45-65,67-69,71-74H2,1-2H3,(H,79,82)/b15-13-,22-20-,44-19-,70-66+. The number of amides is 1. The van der Waals surface area contributed by atoms with Gasteiger partial charge in [-0.1, -0.05) is 358 Å². The summed E-state index contributed by atoms with van der Waals surface area (Å²) in [7, 11) is 0. The molecular weight excluding hydrogens is 1030 g/mol. The molecule has 0 aliphatic carbocycles. The fourth-order valence-corrected chi connectivity index (χ4v) is 11.8. The first-order valence-electron chi connectivity index (χ1n) is 37.9. The molecule has 0 bridgehead atoms. The highest BCUT2D eigenvalue weighted by Gasteiger charge is 2.18. The second-order valence-corrected chi connectivity index (χ2v) is 26.0. The van der Waals surface area contributed by atoms with Crippen LogP contribution in [0.5, 0.6) is 0 Å². The first-order chi connectivity index (χ1) is 41.5. The maximum absolute atomic E-state index is 12.5. The van der Waals surface area contributed by atoms with Gasteiger partial charge in [-0.3, -0.25) is 9.59 Å². The number of nitrogens with one attached hydrogen (secondary N) is 1. The van der Waals surface area contributed by atoms with E-state index in [2.05, 4.69) is 55.6 Å². The van der Waals surface area contributed by atoms with E-state index in [1.54, 1.807) is 6.08 Å². The van der Waals surface area contributed by atoms with E-state index >= 15 is 0 Å². The molecule has 0 saturated heterocycles. The van der Waals surface area contributed by atoms with Gasteiger partial charge >= 0.3 is 5.97 Å². The van der Waals surface area contributed by atoms with Crippen molar-refractivity contribution < 1.29 is 24.5 Å². The number of carbonyl (C=O) groups is 2. The lowest BCUT2D eigenvalue weighted by Crippen LogP contribution is -2.45. The van der Waals surface area contributed by atoms with Crippen LogP contribution in [0.25, 0.3) is 0 Å². The molecule has 0 spiro atoms. The largest absolute Gasteiger partial charge is 0.466 e. The van der Waals surface area contributed by atoms with Gasteiger partial charge in [0.15, 0.2) is 0 Å². The fraction of sp³-hybridized carbons (Fsp3) is 0.872. The van der Waals surface area contributed by atoms with Crippen LogP contribution < -0.4 is 5.32 Å². The highest BCUT2D eigenvalue weighted by Crippen LogP contribution is 2.19. The summed E-state index contributed by atoms with van der Waals surface area (Å²) in [5, 5.41) is 23.2. The van der Waals surface area contributed by atoms with Gasteiger partial charge in [0, 0.05) is 12.8 Å². The zero-order valence-electron chi connectivity index (χ0n) is 56.6. The van der Waals surface area contributed by atoms with Crippen molar-refractivity contribution in [3.63, 3.8) is 0 Å². The third-order valence-electron chi connectivity index (χ3n) is 17.6. The van der Waals surface area contributed by atoms with Crippen LogP contribution in [-0.4, -0.2) is 47.4 Å². The Morgan fingerprint density at radius 3 is 0.929 bits per heavy atom. The third kappa shape index (κ3) is 68.9. The van der Waals surface area contributed by atoms with Crippen LogP contribution in [0.15, 0.2) is 48.6 Å². The number of aliphatic hydroxyl groups excluding tert-OH is 2. The van der Waals surface area contributed by atoms with E-state index in [4.69, 9.17) is 4.74 Å². The van der Waals surface area contributed by atoms with E-state index in [0.717, 1.165) is 51.4 Å². The Kier molecular flexibility index (Phi) is 71.4. The molecule has 0 fully saturated rings. The van der Waals surface area contributed by atoms with Gasteiger partial charge in [0.05, 0.1) is 25.4 Å². The molecule has 2 atom stereocenters. The van der Waals surface area contributed by atoms with Crippen LogP contribution in [0.1, 0.15) is 412 Å². The summed E-state index contributed by atoms with van der Waals surface area (Å²) in [6.45, 7) is 4.91. The van der Waals surface area contributed by atoms with Crippen LogP contribution >= 0.6 is 0 Å². The fourth-order valence-electron chi connectivity index (χ4n) is 11.8. The van der Waals surface area contributed by atoms with Gasteiger partial charge in [0.25, 0.3) is 0 Å². The minimum Gasteiger partial charge on any atom is -0.466 e. The number of allylic oxidation sites excluding steroid dienone is 7. The van der Waals surface area contributed by atoms with Crippen molar-refractivity contribution in [3.8, 4) is 0 Å². The molecule has 0 aromatic rings. The van der Waals surface area contributed by atoms with Gasteiger partial charge in [-0.25, -0.2) is 0 Å². The highest BCUT2D eigenvalue weighted by atomic mass is 16.5. The summed E-state index contributed by atoms with van der Waals surface area (Å²) in [5.41, 5.74) is 0. The molecule has 0 saturated carbocycles.